The molecule has 28 heavy (non-hydrogen) atoms. The molecule has 0 bridgehead atoms. The minimum absolute atomic E-state index is 0.212. The Balaban J connectivity index is 1.83. The van der Waals surface area contributed by atoms with Crippen molar-refractivity contribution in [2.45, 2.75) is 82.0 Å². The Hall–Kier alpha value is -1.20. The van der Waals surface area contributed by atoms with Gasteiger partial charge < -0.3 is 16.0 Å². The fourth-order valence-corrected chi connectivity index (χ4v) is 5.25. The average Bonchev–Trinajstić information content (AvgIpc) is 3.12. The Kier molecular flexibility index (Phi) is 7.69. The lowest BCUT2D eigenvalue weighted by Gasteiger charge is -2.37. The number of nitrogens with zero attached hydrogens (tertiary/aromatic N) is 1. The lowest BCUT2D eigenvalue weighted by atomic mass is 9.84. The molecule has 5 heteroatoms. The molecule has 0 spiro atoms. The smallest absolute Gasteiger partial charge is 0.240 e. The number of hydrogen-bond acceptors (Lipinski definition) is 4. The summed E-state index contributed by atoms with van der Waals surface area (Å²) in [4.78, 5) is 14.7. The van der Waals surface area contributed by atoms with Gasteiger partial charge in [-0.15, -0.1) is 0 Å². The van der Waals surface area contributed by atoms with Crippen molar-refractivity contribution in [1.29, 1.82) is 0 Å². The minimum Gasteiger partial charge on any atom is -0.368 e. The minimum atomic E-state index is -0.286. The second-order valence-corrected chi connectivity index (χ2v) is 9.54. The first-order valence-corrected chi connectivity index (χ1v) is 11.6. The van der Waals surface area contributed by atoms with Crippen molar-refractivity contribution in [2.24, 2.45) is 11.7 Å². The van der Waals surface area contributed by atoms with Crippen LogP contribution < -0.4 is 16.0 Å². The molecule has 1 aromatic carbocycles. The van der Waals surface area contributed by atoms with Crippen LogP contribution in [-0.2, 0) is 4.79 Å². The van der Waals surface area contributed by atoms with E-state index in [-0.39, 0.29) is 17.9 Å². The lowest BCUT2D eigenvalue weighted by Crippen LogP contribution is -2.52. The monoisotopic (exact) mass is 403 g/mol. The van der Waals surface area contributed by atoms with Crippen LogP contribution >= 0.6 is 12.6 Å². The molecule has 1 heterocycles. The van der Waals surface area contributed by atoms with Crippen LogP contribution in [0, 0.1) is 5.92 Å². The predicted octanol–water partition coefficient (Wildman–Crippen LogP) is 4.10. The number of anilines is 1. The van der Waals surface area contributed by atoms with Crippen molar-refractivity contribution in [1.82, 2.24) is 5.32 Å². The average molecular weight is 404 g/mol. The number of rotatable bonds is 8. The van der Waals surface area contributed by atoms with E-state index in [0.29, 0.717) is 17.2 Å². The molecule has 1 saturated heterocycles. The second-order valence-electron chi connectivity index (χ2n) is 8.81. The molecule has 1 aliphatic carbocycles. The van der Waals surface area contributed by atoms with E-state index < -0.39 is 0 Å². The van der Waals surface area contributed by atoms with Gasteiger partial charge in [0.2, 0.25) is 5.91 Å². The number of amides is 1. The van der Waals surface area contributed by atoms with Gasteiger partial charge in [0.25, 0.3) is 0 Å². The van der Waals surface area contributed by atoms with E-state index in [2.05, 4.69) is 61.0 Å². The number of nitrogens with one attached hydrogen (secondary N) is 1. The van der Waals surface area contributed by atoms with Crippen LogP contribution in [0.25, 0.3) is 0 Å². The molecule has 2 aliphatic rings. The fourth-order valence-electron chi connectivity index (χ4n) is 4.89. The summed E-state index contributed by atoms with van der Waals surface area (Å²) in [7, 11) is 0. The summed E-state index contributed by atoms with van der Waals surface area (Å²) >= 11 is 4.61. The van der Waals surface area contributed by atoms with Gasteiger partial charge in [-0.05, 0) is 48.8 Å². The van der Waals surface area contributed by atoms with E-state index in [4.69, 9.17) is 5.73 Å². The van der Waals surface area contributed by atoms with E-state index in [9.17, 15) is 4.79 Å². The highest BCUT2D eigenvalue weighted by atomic mass is 32.1. The fraction of sp³-hybridized carbons (Fsp3) is 0.696. The van der Waals surface area contributed by atoms with E-state index >= 15 is 0 Å². The van der Waals surface area contributed by atoms with Gasteiger partial charge >= 0.3 is 0 Å². The maximum Gasteiger partial charge on any atom is 0.240 e. The topological polar surface area (TPSA) is 58.4 Å². The molecule has 3 rings (SSSR count). The molecule has 0 aromatic heterocycles. The van der Waals surface area contributed by atoms with Crippen LogP contribution in [0.2, 0.25) is 0 Å². The van der Waals surface area contributed by atoms with Crippen LogP contribution in [0.4, 0.5) is 5.69 Å². The molecule has 156 valence electrons. The standard InChI is InChI=1S/C23H37N3OS/c1-3-16(2)22(23(24)27)26(15-19-13-21(28)14-25-19)20-11-9-18(10-12-20)17-7-5-4-6-8-17/h9-12,16-17,19,21-22,25,28H,3-8,13-15H2,1-2H3,(H2,24,27)/t16-,19-,21-,22-/m0/s1. The maximum atomic E-state index is 12.4. The van der Waals surface area contributed by atoms with Gasteiger partial charge in [-0.1, -0.05) is 51.7 Å². The molecule has 1 aliphatic heterocycles. The van der Waals surface area contributed by atoms with E-state index in [0.717, 1.165) is 31.6 Å². The highest BCUT2D eigenvalue weighted by Crippen LogP contribution is 2.34. The van der Waals surface area contributed by atoms with E-state index in [1.165, 1.54) is 37.7 Å². The molecule has 1 aromatic rings. The number of hydrogen-bond donors (Lipinski definition) is 3. The normalized spacial score (nSPS) is 25.4. The van der Waals surface area contributed by atoms with Crippen molar-refractivity contribution in [3.63, 3.8) is 0 Å². The van der Waals surface area contributed by atoms with Crippen molar-refractivity contribution in [3.05, 3.63) is 29.8 Å². The maximum absolute atomic E-state index is 12.4. The molecule has 4 nitrogen and oxygen atoms in total. The third-order valence-electron chi connectivity index (χ3n) is 6.73. The number of benzene rings is 1. The van der Waals surface area contributed by atoms with Gasteiger partial charge in [-0.3, -0.25) is 4.79 Å². The number of carbonyl (C=O) groups excluding carboxylic acids is 1. The van der Waals surface area contributed by atoms with Crippen molar-refractivity contribution in [2.75, 3.05) is 18.0 Å². The zero-order valence-corrected chi connectivity index (χ0v) is 18.3. The number of thiol groups is 1. The summed E-state index contributed by atoms with van der Waals surface area (Å²) in [6.45, 7) is 5.97. The first kappa shape index (κ1) is 21.5. The zero-order chi connectivity index (χ0) is 20.1. The Morgan fingerprint density at radius 3 is 2.46 bits per heavy atom. The van der Waals surface area contributed by atoms with Gasteiger partial charge in [0.05, 0.1) is 0 Å². The van der Waals surface area contributed by atoms with Crippen LogP contribution in [-0.4, -0.2) is 36.3 Å². The molecule has 1 amide bonds. The largest absolute Gasteiger partial charge is 0.368 e. The second kappa shape index (κ2) is 10.0. The first-order valence-electron chi connectivity index (χ1n) is 11.1. The van der Waals surface area contributed by atoms with Crippen LogP contribution in [0.15, 0.2) is 24.3 Å². The molecule has 1 saturated carbocycles. The molecular formula is C23H37N3OS. The van der Waals surface area contributed by atoms with Crippen molar-refractivity contribution in [3.8, 4) is 0 Å². The lowest BCUT2D eigenvalue weighted by molar-refractivity contribution is -0.120. The third kappa shape index (κ3) is 5.24. The summed E-state index contributed by atoms with van der Waals surface area (Å²) in [6, 6.07) is 9.01. The highest BCUT2D eigenvalue weighted by Gasteiger charge is 2.32. The summed E-state index contributed by atoms with van der Waals surface area (Å²) in [6.07, 6.45) is 8.61. The SMILES string of the molecule is CC[C@H](C)[C@@H](C(N)=O)N(C[C@@H]1C[C@H](S)CN1)c1ccc(C2CCCCC2)cc1. The first-order chi connectivity index (χ1) is 13.5. The summed E-state index contributed by atoms with van der Waals surface area (Å²) < 4.78 is 0. The van der Waals surface area contributed by atoms with E-state index in [1.54, 1.807) is 0 Å². The van der Waals surface area contributed by atoms with Crippen LogP contribution in [0.5, 0.6) is 0 Å². The van der Waals surface area contributed by atoms with Gasteiger partial charge in [-0.2, -0.15) is 12.6 Å². The summed E-state index contributed by atoms with van der Waals surface area (Å²) in [5, 5.41) is 3.94. The number of primary amides is 1. The Morgan fingerprint density at radius 2 is 1.93 bits per heavy atom. The molecule has 0 unspecified atom stereocenters. The number of carbonyl (C=O) groups is 1. The molecule has 4 atom stereocenters. The quantitative estimate of drug-likeness (QED) is 0.573. The predicted molar refractivity (Wildman–Crippen MR) is 121 cm³/mol. The van der Waals surface area contributed by atoms with Crippen molar-refractivity contribution >= 4 is 24.2 Å². The summed E-state index contributed by atoms with van der Waals surface area (Å²) in [5.41, 5.74) is 8.43. The van der Waals surface area contributed by atoms with Gasteiger partial charge in [0.15, 0.2) is 0 Å². The Labute approximate surface area is 176 Å². The third-order valence-corrected chi connectivity index (χ3v) is 7.12. The number of nitrogens with two attached hydrogens (primary N) is 1. The summed E-state index contributed by atoms with van der Waals surface area (Å²) in [5.74, 6) is 0.675. The van der Waals surface area contributed by atoms with Gasteiger partial charge in [0, 0.05) is 30.1 Å². The van der Waals surface area contributed by atoms with Crippen molar-refractivity contribution < 1.29 is 4.79 Å². The van der Waals surface area contributed by atoms with Crippen LogP contribution in [0.3, 0.4) is 0 Å². The molecular weight excluding hydrogens is 366 g/mol. The Morgan fingerprint density at radius 1 is 1.25 bits per heavy atom. The highest BCUT2D eigenvalue weighted by molar-refractivity contribution is 7.81. The molecule has 0 radical (unpaired) electrons. The van der Waals surface area contributed by atoms with Gasteiger partial charge in [0.1, 0.15) is 6.04 Å². The zero-order valence-electron chi connectivity index (χ0n) is 17.4. The molecule has 3 N–H and O–H groups in total. The van der Waals surface area contributed by atoms with Gasteiger partial charge in [-0.25, -0.2) is 0 Å². The molecule has 2 fully saturated rings. The van der Waals surface area contributed by atoms with E-state index in [1.807, 2.05) is 0 Å². The Bertz CT molecular complexity index is 629. The van der Waals surface area contributed by atoms with Crippen LogP contribution in [0.1, 0.15) is 70.3 Å².